The molecule has 0 saturated heterocycles. The molecule has 17 heavy (non-hydrogen) atoms. The highest BCUT2D eigenvalue weighted by molar-refractivity contribution is 7.92. The van der Waals surface area contributed by atoms with Gasteiger partial charge in [-0.15, -0.1) is 0 Å². The zero-order chi connectivity index (χ0) is 13.3. The Morgan fingerprint density at radius 1 is 1.12 bits per heavy atom. The topological polar surface area (TPSA) is 34.1 Å². The van der Waals surface area contributed by atoms with E-state index in [4.69, 9.17) is 0 Å². The third-order valence-electron chi connectivity index (χ3n) is 3.47. The fourth-order valence-corrected chi connectivity index (χ4v) is 2.63. The first kappa shape index (κ1) is 14.2. The third kappa shape index (κ3) is 2.89. The Morgan fingerprint density at radius 2 is 1.59 bits per heavy atom. The van der Waals surface area contributed by atoms with E-state index < -0.39 is 9.84 Å². The summed E-state index contributed by atoms with van der Waals surface area (Å²) in [6.45, 7) is 9.88. The van der Waals surface area contributed by atoms with Crippen molar-refractivity contribution in [2.24, 2.45) is 0 Å². The van der Waals surface area contributed by atoms with Crippen LogP contribution in [0.5, 0.6) is 0 Å². The van der Waals surface area contributed by atoms with Gasteiger partial charge in [0.15, 0.2) is 9.84 Å². The molecular formula is C14H22O2S. The molecule has 1 rings (SSSR count). The van der Waals surface area contributed by atoms with Crippen molar-refractivity contribution in [3.63, 3.8) is 0 Å². The highest BCUT2D eigenvalue weighted by atomic mass is 32.2. The average Bonchev–Trinajstić information content (AvgIpc) is 2.29. The van der Waals surface area contributed by atoms with Crippen molar-refractivity contribution in [2.45, 2.75) is 56.6 Å². The van der Waals surface area contributed by atoms with Gasteiger partial charge in [-0.3, -0.25) is 0 Å². The smallest absolute Gasteiger partial charge is 0.180 e. The van der Waals surface area contributed by atoms with Crippen LogP contribution in [0.15, 0.2) is 29.2 Å². The van der Waals surface area contributed by atoms with E-state index in [1.54, 1.807) is 26.0 Å². The maximum Gasteiger partial charge on any atom is 0.180 e. The number of hydrogen-bond donors (Lipinski definition) is 0. The Balaban J connectivity index is 3.14. The summed E-state index contributed by atoms with van der Waals surface area (Å²) in [4.78, 5) is 0.420. The highest BCUT2D eigenvalue weighted by Crippen LogP contribution is 2.28. The molecule has 0 aliphatic carbocycles. The van der Waals surface area contributed by atoms with E-state index in [2.05, 4.69) is 20.8 Å². The lowest BCUT2D eigenvalue weighted by atomic mass is 9.82. The number of rotatable bonds is 4. The molecule has 0 aliphatic heterocycles. The maximum absolute atomic E-state index is 12.0. The van der Waals surface area contributed by atoms with Crippen LogP contribution in [0.4, 0.5) is 0 Å². The molecule has 0 unspecified atom stereocenters. The minimum absolute atomic E-state index is 0.0973. The number of hydrogen-bond acceptors (Lipinski definition) is 2. The molecule has 1 aromatic rings. The van der Waals surface area contributed by atoms with Crippen LogP contribution in [0.2, 0.25) is 0 Å². The van der Waals surface area contributed by atoms with Gasteiger partial charge in [0.05, 0.1) is 10.1 Å². The first-order chi connectivity index (χ1) is 7.71. The first-order valence-electron chi connectivity index (χ1n) is 6.06. The van der Waals surface area contributed by atoms with Gasteiger partial charge >= 0.3 is 0 Å². The fraction of sp³-hybridized carbons (Fsp3) is 0.571. The van der Waals surface area contributed by atoms with Gasteiger partial charge in [-0.05, 0) is 43.4 Å². The molecule has 0 radical (unpaired) electrons. The van der Waals surface area contributed by atoms with Gasteiger partial charge in [-0.2, -0.15) is 0 Å². The van der Waals surface area contributed by atoms with Crippen molar-refractivity contribution >= 4 is 9.84 Å². The van der Waals surface area contributed by atoms with Crippen LogP contribution in [-0.4, -0.2) is 13.7 Å². The van der Waals surface area contributed by atoms with Crippen molar-refractivity contribution < 1.29 is 8.42 Å². The predicted molar refractivity (Wildman–Crippen MR) is 72.1 cm³/mol. The second-order valence-electron chi connectivity index (χ2n) is 5.36. The molecule has 0 fully saturated rings. The summed E-state index contributed by atoms with van der Waals surface area (Å²) >= 11 is 0. The Morgan fingerprint density at radius 3 is 1.94 bits per heavy atom. The van der Waals surface area contributed by atoms with E-state index >= 15 is 0 Å². The molecule has 0 saturated carbocycles. The standard InChI is InChI=1S/C14H22O2S/c1-6-14(4,5)12-7-9-13(10-8-12)17(15,16)11(2)3/h7-11H,6H2,1-5H3. The van der Waals surface area contributed by atoms with Crippen molar-refractivity contribution in [2.75, 3.05) is 0 Å². The first-order valence-corrected chi connectivity index (χ1v) is 7.61. The lowest BCUT2D eigenvalue weighted by Gasteiger charge is -2.23. The lowest BCUT2D eigenvalue weighted by Crippen LogP contribution is -2.17. The average molecular weight is 254 g/mol. The van der Waals surface area contributed by atoms with Gasteiger partial charge in [0.25, 0.3) is 0 Å². The molecule has 0 heterocycles. The van der Waals surface area contributed by atoms with E-state index in [0.29, 0.717) is 4.90 Å². The Kier molecular flexibility index (Phi) is 4.03. The van der Waals surface area contributed by atoms with Crippen LogP contribution in [-0.2, 0) is 15.3 Å². The van der Waals surface area contributed by atoms with Crippen molar-refractivity contribution in [3.05, 3.63) is 29.8 Å². The highest BCUT2D eigenvalue weighted by Gasteiger charge is 2.21. The quantitative estimate of drug-likeness (QED) is 0.823. The predicted octanol–water partition coefficient (Wildman–Crippen LogP) is 3.56. The lowest BCUT2D eigenvalue weighted by molar-refractivity contribution is 0.505. The van der Waals surface area contributed by atoms with Gasteiger partial charge in [-0.1, -0.05) is 32.9 Å². The zero-order valence-electron chi connectivity index (χ0n) is 11.3. The molecule has 1 aromatic carbocycles. The van der Waals surface area contributed by atoms with Crippen LogP contribution >= 0.6 is 0 Å². The Hall–Kier alpha value is -0.830. The van der Waals surface area contributed by atoms with Crippen LogP contribution in [0.3, 0.4) is 0 Å². The molecule has 0 amide bonds. The minimum Gasteiger partial charge on any atom is -0.223 e. The third-order valence-corrected chi connectivity index (χ3v) is 5.64. The van der Waals surface area contributed by atoms with E-state index in [1.165, 1.54) is 5.56 Å². The molecule has 0 aliphatic rings. The second kappa shape index (κ2) is 4.81. The number of benzene rings is 1. The largest absolute Gasteiger partial charge is 0.223 e. The summed E-state index contributed by atoms with van der Waals surface area (Å²) in [7, 11) is -3.15. The summed E-state index contributed by atoms with van der Waals surface area (Å²) in [5.74, 6) is 0. The van der Waals surface area contributed by atoms with Gasteiger partial charge in [0.2, 0.25) is 0 Å². The fourth-order valence-electron chi connectivity index (χ4n) is 1.57. The van der Waals surface area contributed by atoms with Crippen LogP contribution < -0.4 is 0 Å². The second-order valence-corrected chi connectivity index (χ2v) is 7.86. The molecule has 2 nitrogen and oxygen atoms in total. The monoisotopic (exact) mass is 254 g/mol. The van der Waals surface area contributed by atoms with E-state index in [-0.39, 0.29) is 10.7 Å². The summed E-state index contributed by atoms with van der Waals surface area (Å²) in [6, 6.07) is 7.31. The molecule has 0 bridgehead atoms. The normalized spacial score (nSPS) is 13.1. The Bertz CT molecular complexity index is 467. The van der Waals surface area contributed by atoms with E-state index in [0.717, 1.165) is 6.42 Å². The summed E-state index contributed by atoms with van der Waals surface area (Å²) < 4.78 is 23.9. The van der Waals surface area contributed by atoms with E-state index in [9.17, 15) is 8.42 Å². The van der Waals surface area contributed by atoms with Crippen LogP contribution in [0.25, 0.3) is 0 Å². The van der Waals surface area contributed by atoms with Gasteiger partial charge in [0.1, 0.15) is 0 Å². The molecule has 0 spiro atoms. The summed E-state index contributed by atoms with van der Waals surface area (Å²) in [5, 5.41) is -0.368. The molecule has 3 heteroatoms. The summed E-state index contributed by atoms with van der Waals surface area (Å²) in [5.41, 5.74) is 1.28. The summed E-state index contributed by atoms with van der Waals surface area (Å²) in [6.07, 6.45) is 1.03. The molecule has 96 valence electrons. The number of sulfone groups is 1. The molecular weight excluding hydrogens is 232 g/mol. The van der Waals surface area contributed by atoms with Crippen molar-refractivity contribution in [3.8, 4) is 0 Å². The van der Waals surface area contributed by atoms with Crippen molar-refractivity contribution in [1.29, 1.82) is 0 Å². The SMILES string of the molecule is CCC(C)(C)c1ccc(S(=O)(=O)C(C)C)cc1. The Labute approximate surface area is 105 Å². The van der Waals surface area contributed by atoms with Gasteiger partial charge in [0, 0.05) is 0 Å². The van der Waals surface area contributed by atoms with Gasteiger partial charge in [-0.25, -0.2) is 8.42 Å². The van der Waals surface area contributed by atoms with Crippen molar-refractivity contribution in [1.82, 2.24) is 0 Å². The molecule has 0 aromatic heterocycles. The maximum atomic E-state index is 12.0. The molecule has 0 atom stereocenters. The van der Waals surface area contributed by atoms with Crippen LogP contribution in [0, 0.1) is 0 Å². The minimum atomic E-state index is -3.15. The van der Waals surface area contributed by atoms with Gasteiger partial charge < -0.3 is 0 Å². The van der Waals surface area contributed by atoms with E-state index in [1.807, 2.05) is 12.1 Å². The molecule has 0 N–H and O–H groups in total. The zero-order valence-corrected chi connectivity index (χ0v) is 12.1. The van der Waals surface area contributed by atoms with Crippen LogP contribution in [0.1, 0.15) is 46.6 Å².